The molecule has 0 saturated heterocycles. The van der Waals surface area contributed by atoms with E-state index >= 15 is 0 Å². The Morgan fingerprint density at radius 1 is 1.47 bits per heavy atom. The Hall–Kier alpha value is -0.830. The largest absolute Gasteiger partial charge is 0.335 e. The molecule has 0 fully saturated rings. The van der Waals surface area contributed by atoms with Gasteiger partial charge in [-0.25, -0.2) is 4.98 Å². The average molecular weight is 209 g/mol. The molecule has 3 heteroatoms. The van der Waals surface area contributed by atoms with Crippen LogP contribution < -0.4 is 5.73 Å². The minimum atomic E-state index is 0.243. The Bertz CT molecular complexity index is 280. The molecule has 0 bridgehead atoms. The van der Waals surface area contributed by atoms with Gasteiger partial charge in [-0.15, -0.1) is 0 Å². The van der Waals surface area contributed by atoms with Crippen LogP contribution in [0.15, 0.2) is 12.4 Å². The summed E-state index contributed by atoms with van der Waals surface area (Å²) in [5.74, 6) is 1.83. The van der Waals surface area contributed by atoms with Gasteiger partial charge in [-0.2, -0.15) is 0 Å². The molecule has 2 atom stereocenters. The van der Waals surface area contributed by atoms with Gasteiger partial charge in [0.2, 0.25) is 0 Å². The van der Waals surface area contributed by atoms with Crippen molar-refractivity contribution in [3.05, 3.63) is 18.2 Å². The molecule has 2 unspecified atom stereocenters. The van der Waals surface area contributed by atoms with E-state index < -0.39 is 0 Å². The van der Waals surface area contributed by atoms with E-state index in [2.05, 4.69) is 30.3 Å². The van der Waals surface area contributed by atoms with Gasteiger partial charge >= 0.3 is 0 Å². The Labute approximate surface area is 92.7 Å². The molecule has 1 rings (SSSR count). The van der Waals surface area contributed by atoms with E-state index in [1.807, 2.05) is 12.4 Å². The summed E-state index contributed by atoms with van der Waals surface area (Å²) in [5, 5.41) is 0. The Morgan fingerprint density at radius 2 is 2.20 bits per heavy atom. The van der Waals surface area contributed by atoms with Crippen LogP contribution in [-0.2, 0) is 13.0 Å². The smallest absolute Gasteiger partial charge is 0.110 e. The number of hydrogen-bond donors (Lipinski definition) is 1. The molecule has 0 amide bonds. The minimum absolute atomic E-state index is 0.243. The second-order valence-electron chi connectivity index (χ2n) is 4.34. The first-order valence-corrected chi connectivity index (χ1v) is 5.92. The van der Waals surface area contributed by atoms with Crippen molar-refractivity contribution in [2.75, 3.05) is 0 Å². The maximum absolute atomic E-state index is 6.11. The number of aromatic nitrogens is 2. The van der Waals surface area contributed by atoms with Crippen LogP contribution in [0.25, 0.3) is 0 Å². The lowest BCUT2D eigenvalue weighted by molar-refractivity contribution is 0.441. The maximum atomic E-state index is 6.11. The van der Waals surface area contributed by atoms with Crippen LogP contribution in [0.4, 0.5) is 0 Å². The molecule has 0 aliphatic carbocycles. The number of rotatable bonds is 6. The number of hydrogen-bond acceptors (Lipinski definition) is 2. The number of nitrogens with two attached hydrogens (primary N) is 1. The van der Waals surface area contributed by atoms with Crippen LogP contribution in [0.3, 0.4) is 0 Å². The fourth-order valence-electron chi connectivity index (χ4n) is 1.82. The van der Waals surface area contributed by atoms with Gasteiger partial charge in [0.05, 0.1) is 0 Å². The van der Waals surface area contributed by atoms with Gasteiger partial charge in [0.1, 0.15) is 5.82 Å². The lowest BCUT2D eigenvalue weighted by atomic mass is 9.98. The normalized spacial score (nSPS) is 15.2. The van der Waals surface area contributed by atoms with E-state index in [9.17, 15) is 0 Å². The van der Waals surface area contributed by atoms with Gasteiger partial charge < -0.3 is 10.3 Å². The lowest BCUT2D eigenvalue weighted by Crippen LogP contribution is -2.26. The summed E-state index contributed by atoms with van der Waals surface area (Å²) in [7, 11) is 0. The van der Waals surface area contributed by atoms with Crippen LogP contribution in [-0.4, -0.2) is 15.6 Å². The molecule has 0 aromatic carbocycles. The van der Waals surface area contributed by atoms with Crippen molar-refractivity contribution in [1.29, 1.82) is 0 Å². The predicted octanol–water partition coefficient (Wildman–Crippen LogP) is 2.21. The van der Waals surface area contributed by atoms with Crippen LogP contribution >= 0.6 is 0 Å². The zero-order chi connectivity index (χ0) is 11.3. The van der Waals surface area contributed by atoms with Crippen molar-refractivity contribution in [1.82, 2.24) is 9.55 Å². The summed E-state index contributed by atoms with van der Waals surface area (Å²) in [6.45, 7) is 7.58. The highest BCUT2D eigenvalue weighted by molar-refractivity contribution is 4.95. The second-order valence-corrected chi connectivity index (χ2v) is 4.34. The molecule has 0 aliphatic rings. The predicted molar refractivity (Wildman–Crippen MR) is 63.7 cm³/mol. The van der Waals surface area contributed by atoms with Crippen molar-refractivity contribution < 1.29 is 0 Å². The molecule has 0 spiro atoms. The van der Waals surface area contributed by atoms with Gasteiger partial charge in [0.25, 0.3) is 0 Å². The van der Waals surface area contributed by atoms with Gasteiger partial charge in [-0.1, -0.05) is 20.3 Å². The van der Waals surface area contributed by atoms with Crippen molar-refractivity contribution in [3.63, 3.8) is 0 Å². The Balaban J connectivity index is 2.47. The molecule has 0 aliphatic heterocycles. The highest BCUT2D eigenvalue weighted by Crippen LogP contribution is 2.11. The zero-order valence-corrected chi connectivity index (χ0v) is 10.1. The minimum Gasteiger partial charge on any atom is -0.335 e. The molecule has 15 heavy (non-hydrogen) atoms. The number of nitrogens with zero attached hydrogens (tertiary/aromatic N) is 2. The van der Waals surface area contributed by atoms with E-state index in [1.165, 1.54) is 6.42 Å². The SMILES string of the molecule is CCC(C)CC(N)Cc1nccn1CC. The number of aryl methyl sites for hydroxylation is 1. The average Bonchev–Trinajstić information content (AvgIpc) is 2.64. The summed E-state index contributed by atoms with van der Waals surface area (Å²) in [6, 6.07) is 0.243. The van der Waals surface area contributed by atoms with Crippen molar-refractivity contribution in [2.24, 2.45) is 11.7 Å². The van der Waals surface area contributed by atoms with Gasteiger partial charge in [-0.05, 0) is 19.3 Å². The second kappa shape index (κ2) is 5.91. The van der Waals surface area contributed by atoms with E-state index in [1.54, 1.807) is 0 Å². The molecule has 2 N–H and O–H groups in total. The quantitative estimate of drug-likeness (QED) is 0.780. The summed E-state index contributed by atoms with van der Waals surface area (Å²) in [4.78, 5) is 4.34. The summed E-state index contributed by atoms with van der Waals surface area (Å²) >= 11 is 0. The maximum Gasteiger partial charge on any atom is 0.110 e. The van der Waals surface area contributed by atoms with E-state index in [0.717, 1.165) is 25.2 Å². The fourth-order valence-corrected chi connectivity index (χ4v) is 1.82. The van der Waals surface area contributed by atoms with Crippen molar-refractivity contribution in [3.8, 4) is 0 Å². The molecule has 1 aromatic heterocycles. The molecular formula is C12H23N3. The topological polar surface area (TPSA) is 43.8 Å². The fraction of sp³-hybridized carbons (Fsp3) is 0.750. The molecular weight excluding hydrogens is 186 g/mol. The summed E-state index contributed by atoms with van der Waals surface area (Å²) in [6.07, 6.45) is 7.06. The summed E-state index contributed by atoms with van der Waals surface area (Å²) in [5.41, 5.74) is 6.11. The first-order chi connectivity index (χ1) is 7.17. The molecule has 1 aromatic rings. The van der Waals surface area contributed by atoms with Crippen LogP contribution in [0.1, 0.15) is 39.4 Å². The van der Waals surface area contributed by atoms with E-state index in [-0.39, 0.29) is 6.04 Å². The third-order valence-corrected chi connectivity index (χ3v) is 2.99. The standard InChI is InChI=1S/C12H23N3/c1-4-10(3)8-11(13)9-12-14-6-7-15(12)5-2/h6-7,10-11H,4-5,8-9,13H2,1-3H3. The molecule has 3 nitrogen and oxygen atoms in total. The highest BCUT2D eigenvalue weighted by atomic mass is 15.1. The molecule has 86 valence electrons. The van der Waals surface area contributed by atoms with Crippen molar-refractivity contribution in [2.45, 2.75) is 52.6 Å². The lowest BCUT2D eigenvalue weighted by Gasteiger charge is -2.16. The third-order valence-electron chi connectivity index (χ3n) is 2.99. The molecule has 1 heterocycles. The highest BCUT2D eigenvalue weighted by Gasteiger charge is 2.11. The Kier molecular flexibility index (Phi) is 4.82. The van der Waals surface area contributed by atoms with Crippen LogP contribution in [0.5, 0.6) is 0 Å². The molecule has 0 saturated carbocycles. The number of imidazole rings is 1. The monoisotopic (exact) mass is 209 g/mol. The van der Waals surface area contributed by atoms with Gasteiger partial charge in [0.15, 0.2) is 0 Å². The van der Waals surface area contributed by atoms with Crippen LogP contribution in [0, 0.1) is 5.92 Å². The first kappa shape index (κ1) is 12.2. The van der Waals surface area contributed by atoms with Crippen LogP contribution in [0.2, 0.25) is 0 Å². The van der Waals surface area contributed by atoms with Crippen molar-refractivity contribution >= 4 is 0 Å². The first-order valence-electron chi connectivity index (χ1n) is 5.92. The zero-order valence-electron chi connectivity index (χ0n) is 10.1. The van der Waals surface area contributed by atoms with Gasteiger partial charge in [-0.3, -0.25) is 0 Å². The van der Waals surface area contributed by atoms with Gasteiger partial charge in [0, 0.05) is 31.4 Å². The van der Waals surface area contributed by atoms with E-state index in [0.29, 0.717) is 5.92 Å². The van der Waals surface area contributed by atoms with E-state index in [4.69, 9.17) is 5.73 Å². The summed E-state index contributed by atoms with van der Waals surface area (Å²) < 4.78 is 2.16. The molecule has 0 radical (unpaired) electrons. The third kappa shape index (κ3) is 3.67. The Morgan fingerprint density at radius 3 is 2.80 bits per heavy atom.